The van der Waals surface area contributed by atoms with Crippen LogP contribution in [0.3, 0.4) is 0 Å². The Balaban J connectivity index is 2.29. The van der Waals surface area contributed by atoms with E-state index in [9.17, 15) is 9.59 Å². The number of carbonyl (C=O) groups is 2. The second kappa shape index (κ2) is 7.64. The molecule has 0 aromatic heterocycles. The first-order valence-electron chi connectivity index (χ1n) is 6.51. The predicted molar refractivity (Wildman–Crippen MR) is 76.7 cm³/mol. The molecule has 2 N–H and O–H groups in total. The maximum atomic E-state index is 11.3. The highest BCUT2D eigenvalue weighted by Gasteiger charge is 2.15. The van der Waals surface area contributed by atoms with Gasteiger partial charge in [-0.25, -0.2) is 9.59 Å². The molecule has 0 heterocycles. The zero-order valence-corrected chi connectivity index (χ0v) is 12.4. The summed E-state index contributed by atoms with van der Waals surface area (Å²) in [6, 6.07) is 6.59. The van der Waals surface area contributed by atoms with Crippen LogP contribution >= 0.6 is 0 Å². The number of benzene rings is 1. The van der Waals surface area contributed by atoms with E-state index in [-0.39, 0.29) is 18.7 Å². The molecule has 1 aromatic rings. The number of ether oxygens (including phenoxy) is 2. The summed E-state index contributed by atoms with van der Waals surface area (Å²) < 4.78 is 10.3. The molecule has 115 valence electrons. The van der Waals surface area contributed by atoms with Crippen molar-refractivity contribution in [2.45, 2.75) is 33.0 Å². The van der Waals surface area contributed by atoms with Gasteiger partial charge >= 0.3 is 12.1 Å². The minimum atomic E-state index is -0.999. The van der Waals surface area contributed by atoms with E-state index in [1.54, 1.807) is 39.0 Å². The number of carboxylic acid groups (broad SMARTS) is 1. The number of alkyl carbamates (subject to hydrolysis) is 1. The van der Waals surface area contributed by atoms with E-state index >= 15 is 0 Å². The fourth-order valence-corrected chi connectivity index (χ4v) is 1.50. The molecule has 6 heteroatoms. The maximum Gasteiger partial charge on any atom is 0.407 e. The third-order valence-electron chi connectivity index (χ3n) is 2.33. The average molecular weight is 294 g/mol. The maximum absolute atomic E-state index is 11.3. The normalized spacial score (nSPS) is 11.0. The van der Waals surface area contributed by atoms with Gasteiger partial charge in [0.1, 0.15) is 12.2 Å². The number of amides is 1. The number of rotatable bonds is 6. The van der Waals surface area contributed by atoms with Crippen LogP contribution in [0, 0.1) is 6.61 Å². The Hall–Kier alpha value is -2.08. The fraction of sp³-hybridized carbons (Fsp3) is 0.400. The van der Waals surface area contributed by atoms with Crippen molar-refractivity contribution in [3.8, 4) is 0 Å². The summed E-state index contributed by atoms with van der Waals surface area (Å²) in [4.78, 5) is 22.3. The van der Waals surface area contributed by atoms with Crippen LogP contribution in [-0.4, -0.2) is 29.3 Å². The smallest absolute Gasteiger partial charge is 0.407 e. The Morgan fingerprint density at radius 2 is 1.95 bits per heavy atom. The Bertz CT molecular complexity index is 493. The zero-order valence-electron chi connectivity index (χ0n) is 12.4. The number of aromatic carboxylic acids is 1. The first kappa shape index (κ1) is 17.0. The molecule has 6 nitrogen and oxygen atoms in total. The van der Waals surface area contributed by atoms with Crippen molar-refractivity contribution in [1.29, 1.82) is 0 Å². The molecule has 1 amide bonds. The summed E-state index contributed by atoms with van der Waals surface area (Å²) in [5.74, 6) is -0.999. The number of carboxylic acids is 1. The lowest BCUT2D eigenvalue weighted by Crippen LogP contribution is -2.33. The van der Waals surface area contributed by atoms with Gasteiger partial charge in [-0.2, -0.15) is 0 Å². The molecule has 0 atom stereocenters. The van der Waals surface area contributed by atoms with Crippen LogP contribution in [0.2, 0.25) is 0 Å². The van der Waals surface area contributed by atoms with Crippen molar-refractivity contribution < 1.29 is 24.2 Å². The molecular formula is C15H20NO5. The van der Waals surface area contributed by atoms with Crippen LogP contribution in [0.5, 0.6) is 0 Å². The molecule has 1 aromatic carbocycles. The summed E-state index contributed by atoms with van der Waals surface area (Å²) in [5.41, 5.74) is 0.218. The molecule has 0 saturated heterocycles. The van der Waals surface area contributed by atoms with Crippen LogP contribution in [0.25, 0.3) is 0 Å². The SMILES string of the molecule is CC(C)(C)OC(=O)NC[CH]OCc1ccccc1C(=O)O. The zero-order chi connectivity index (χ0) is 15.9. The Morgan fingerprint density at radius 1 is 1.29 bits per heavy atom. The molecule has 0 aliphatic rings. The van der Waals surface area contributed by atoms with E-state index < -0.39 is 17.7 Å². The molecule has 0 fully saturated rings. The number of carbonyl (C=O) groups excluding carboxylic acids is 1. The molecule has 21 heavy (non-hydrogen) atoms. The van der Waals surface area contributed by atoms with E-state index in [2.05, 4.69) is 5.32 Å². The molecule has 0 aliphatic heterocycles. The van der Waals surface area contributed by atoms with Crippen molar-refractivity contribution in [3.63, 3.8) is 0 Å². The molecule has 0 bridgehead atoms. The Kier molecular flexibility index (Phi) is 6.17. The number of hydrogen-bond acceptors (Lipinski definition) is 4. The predicted octanol–water partition coefficient (Wildman–Crippen LogP) is 2.59. The van der Waals surface area contributed by atoms with Crippen LogP contribution < -0.4 is 5.32 Å². The van der Waals surface area contributed by atoms with Crippen molar-refractivity contribution in [1.82, 2.24) is 5.32 Å². The highest BCUT2D eigenvalue weighted by molar-refractivity contribution is 5.89. The first-order chi connectivity index (χ1) is 9.79. The van der Waals surface area contributed by atoms with Gasteiger partial charge in [0.2, 0.25) is 0 Å². The lowest BCUT2D eigenvalue weighted by Gasteiger charge is -2.19. The largest absolute Gasteiger partial charge is 0.478 e. The van der Waals surface area contributed by atoms with E-state index in [1.165, 1.54) is 12.7 Å². The van der Waals surface area contributed by atoms with Gasteiger partial charge in [0.25, 0.3) is 0 Å². The molecule has 0 spiro atoms. The summed E-state index contributed by atoms with van der Waals surface area (Å²) in [6.07, 6.45) is -0.534. The third kappa shape index (κ3) is 6.76. The van der Waals surface area contributed by atoms with E-state index in [0.29, 0.717) is 5.56 Å². The monoisotopic (exact) mass is 294 g/mol. The molecule has 1 radical (unpaired) electrons. The topological polar surface area (TPSA) is 84.9 Å². The van der Waals surface area contributed by atoms with Gasteiger partial charge in [-0.05, 0) is 32.4 Å². The van der Waals surface area contributed by atoms with Gasteiger partial charge in [-0.3, -0.25) is 0 Å². The van der Waals surface area contributed by atoms with Crippen LogP contribution in [-0.2, 0) is 16.1 Å². The van der Waals surface area contributed by atoms with Crippen LogP contribution in [0.4, 0.5) is 4.79 Å². The first-order valence-corrected chi connectivity index (χ1v) is 6.51. The standard InChI is InChI=1S/C15H20NO5/c1-15(2,3)21-14(19)16-8-9-20-10-11-6-4-5-7-12(11)13(17)18/h4-7,9H,8,10H2,1-3H3,(H,16,19)(H,17,18). The third-order valence-corrected chi connectivity index (χ3v) is 2.33. The molecule has 0 saturated carbocycles. The summed E-state index contributed by atoms with van der Waals surface area (Å²) >= 11 is 0. The van der Waals surface area contributed by atoms with E-state index in [0.717, 1.165) is 0 Å². The molecule has 1 rings (SSSR count). The van der Waals surface area contributed by atoms with Gasteiger partial charge in [0.05, 0.1) is 12.2 Å². The summed E-state index contributed by atoms with van der Waals surface area (Å²) in [6.45, 7) is 7.01. The van der Waals surface area contributed by atoms with Gasteiger partial charge in [-0.1, -0.05) is 18.2 Å². The van der Waals surface area contributed by atoms with Gasteiger partial charge in [-0.15, -0.1) is 0 Å². The second-order valence-corrected chi connectivity index (χ2v) is 5.32. The highest BCUT2D eigenvalue weighted by atomic mass is 16.6. The average Bonchev–Trinajstić information content (AvgIpc) is 2.36. The highest BCUT2D eigenvalue weighted by Crippen LogP contribution is 2.10. The van der Waals surface area contributed by atoms with Gasteiger partial charge in [0.15, 0.2) is 0 Å². The summed E-state index contributed by atoms with van der Waals surface area (Å²) in [5, 5.41) is 11.5. The van der Waals surface area contributed by atoms with Crippen molar-refractivity contribution in [3.05, 3.63) is 42.0 Å². The fourth-order valence-electron chi connectivity index (χ4n) is 1.50. The van der Waals surface area contributed by atoms with E-state index in [1.807, 2.05) is 0 Å². The van der Waals surface area contributed by atoms with Crippen LogP contribution in [0.15, 0.2) is 24.3 Å². The van der Waals surface area contributed by atoms with E-state index in [4.69, 9.17) is 14.6 Å². The number of hydrogen-bond donors (Lipinski definition) is 2. The quantitative estimate of drug-likeness (QED) is 0.788. The van der Waals surface area contributed by atoms with Crippen molar-refractivity contribution in [2.24, 2.45) is 0 Å². The Morgan fingerprint density at radius 3 is 2.57 bits per heavy atom. The number of nitrogens with one attached hydrogen (secondary N) is 1. The Labute approximate surface area is 124 Å². The lowest BCUT2D eigenvalue weighted by molar-refractivity contribution is 0.0518. The molecule has 0 unspecified atom stereocenters. The van der Waals surface area contributed by atoms with Crippen molar-refractivity contribution >= 4 is 12.1 Å². The van der Waals surface area contributed by atoms with Gasteiger partial charge < -0.3 is 19.9 Å². The molecular weight excluding hydrogens is 274 g/mol. The minimum Gasteiger partial charge on any atom is -0.478 e. The summed E-state index contributed by atoms with van der Waals surface area (Å²) in [7, 11) is 0. The lowest BCUT2D eigenvalue weighted by atomic mass is 10.1. The minimum absolute atomic E-state index is 0.123. The van der Waals surface area contributed by atoms with Gasteiger partial charge in [0, 0.05) is 6.54 Å². The van der Waals surface area contributed by atoms with Crippen LogP contribution in [0.1, 0.15) is 36.7 Å². The second-order valence-electron chi connectivity index (χ2n) is 5.32. The molecule has 0 aliphatic carbocycles. The van der Waals surface area contributed by atoms with Crippen molar-refractivity contribution in [2.75, 3.05) is 6.54 Å².